The van der Waals surface area contributed by atoms with Crippen LogP contribution >= 0.6 is 10.5 Å². The minimum absolute atomic E-state index is 0.0108. The molecule has 1 N–H and O–H groups in total. The first-order chi connectivity index (χ1) is 8.40. The van der Waals surface area contributed by atoms with Crippen LogP contribution in [0.2, 0.25) is 0 Å². The van der Waals surface area contributed by atoms with Gasteiger partial charge in [0, 0.05) is 5.57 Å². The fourth-order valence-corrected chi connectivity index (χ4v) is 2.47. The number of hydrogen-bond acceptors (Lipinski definition) is 2. The molecule has 1 aliphatic heterocycles. The van der Waals surface area contributed by atoms with Gasteiger partial charge in [0.25, 0.3) is 5.91 Å². The van der Waals surface area contributed by atoms with Crippen molar-refractivity contribution >= 4 is 27.5 Å². The smallest absolute Gasteiger partial charge is 0.251 e. The quantitative estimate of drug-likeness (QED) is 0.777. The lowest BCUT2D eigenvalue weighted by atomic mass is 10.0. The number of carbonyl (C=O) groups is 2. The SMILES string of the molecule is CC(=O)[C@@H](CC(C)C)NC(=O)C1=CC=S(C)C=C1. The predicted octanol–water partition coefficient (Wildman–Crippen LogP) is 2.26. The lowest BCUT2D eigenvalue weighted by molar-refractivity contribution is -0.125. The molecule has 1 rings (SSSR count). The predicted molar refractivity (Wildman–Crippen MR) is 78.9 cm³/mol. The highest BCUT2D eigenvalue weighted by molar-refractivity contribution is 8.17. The van der Waals surface area contributed by atoms with Gasteiger partial charge in [-0.05, 0) is 48.4 Å². The summed E-state index contributed by atoms with van der Waals surface area (Å²) in [6, 6.07) is -0.381. The molecule has 0 radical (unpaired) electrons. The van der Waals surface area contributed by atoms with Crippen LogP contribution in [0.4, 0.5) is 0 Å². The van der Waals surface area contributed by atoms with Gasteiger partial charge in [-0.1, -0.05) is 13.8 Å². The Labute approximate surface area is 111 Å². The van der Waals surface area contributed by atoms with Crippen LogP contribution in [0, 0.1) is 5.92 Å². The van der Waals surface area contributed by atoms with Crippen molar-refractivity contribution in [3.05, 3.63) is 23.1 Å². The van der Waals surface area contributed by atoms with Gasteiger partial charge in [-0.25, -0.2) is 0 Å². The summed E-state index contributed by atoms with van der Waals surface area (Å²) >= 11 is 0. The molecule has 0 aliphatic carbocycles. The summed E-state index contributed by atoms with van der Waals surface area (Å²) < 4.78 is 0. The molecule has 0 aromatic heterocycles. The fourth-order valence-electron chi connectivity index (χ4n) is 1.65. The van der Waals surface area contributed by atoms with E-state index in [4.69, 9.17) is 0 Å². The summed E-state index contributed by atoms with van der Waals surface area (Å²) in [7, 11) is 0.113. The number of amides is 1. The van der Waals surface area contributed by atoms with E-state index in [9.17, 15) is 9.59 Å². The van der Waals surface area contributed by atoms with Gasteiger partial charge in [-0.15, -0.1) is 0 Å². The number of hydrogen-bond donors (Lipinski definition) is 1. The minimum atomic E-state index is -0.381. The molecular weight excluding hydrogens is 246 g/mol. The van der Waals surface area contributed by atoms with Gasteiger partial charge in [-0.2, -0.15) is 10.5 Å². The molecular formula is C14H21NO2S. The Kier molecular flexibility index (Phi) is 5.54. The van der Waals surface area contributed by atoms with Gasteiger partial charge in [0.15, 0.2) is 5.78 Å². The van der Waals surface area contributed by atoms with Gasteiger partial charge in [-0.3, -0.25) is 9.59 Å². The minimum Gasteiger partial charge on any atom is -0.342 e. The van der Waals surface area contributed by atoms with E-state index in [0.29, 0.717) is 17.9 Å². The van der Waals surface area contributed by atoms with E-state index in [2.05, 4.69) is 11.6 Å². The second-order valence-electron chi connectivity index (χ2n) is 4.93. The second-order valence-corrected chi connectivity index (χ2v) is 6.69. The summed E-state index contributed by atoms with van der Waals surface area (Å²) in [4.78, 5) is 23.5. The van der Waals surface area contributed by atoms with Crippen LogP contribution in [0.1, 0.15) is 27.2 Å². The van der Waals surface area contributed by atoms with E-state index in [1.165, 1.54) is 6.92 Å². The van der Waals surface area contributed by atoms with E-state index in [-0.39, 0.29) is 28.2 Å². The zero-order valence-electron chi connectivity index (χ0n) is 11.4. The number of nitrogens with one attached hydrogen (secondary N) is 1. The lowest BCUT2D eigenvalue weighted by Gasteiger charge is -2.18. The van der Waals surface area contributed by atoms with Gasteiger partial charge >= 0.3 is 0 Å². The summed E-state index contributed by atoms with van der Waals surface area (Å²) in [5.74, 6) is 0.222. The number of allylic oxidation sites excluding steroid dienone is 1. The maximum absolute atomic E-state index is 12.0. The van der Waals surface area contributed by atoms with Crippen LogP contribution in [0.5, 0.6) is 0 Å². The molecule has 1 aliphatic rings. The molecule has 100 valence electrons. The van der Waals surface area contributed by atoms with Crippen LogP contribution in [-0.4, -0.2) is 29.4 Å². The largest absolute Gasteiger partial charge is 0.342 e. The Balaban J connectivity index is 2.68. The zero-order chi connectivity index (χ0) is 13.7. The summed E-state index contributed by atoms with van der Waals surface area (Å²) in [6.07, 6.45) is 6.41. The third-order valence-corrected chi connectivity index (χ3v) is 3.82. The van der Waals surface area contributed by atoms with E-state index in [1.807, 2.05) is 36.8 Å². The molecule has 18 heavy (non-hydrogen) atoms. The highest BCUT2D eigenvalue weighted by Gasteiger charge is 2.19. The van der Waals surface area contributed by atoms with Crippen LogP contribution < -0.4 is 5.32 Å². The molecule has 0 saturated carbocycles. The molecule has 1 unspecified atom stereocenters. The third kappa shape index (κ3) is 4.61. The lowest BCUT2D eigenvalue weighted by Crippen LogP contribution is -2.41. The van der Waals surface area contributed by atoms with Crippen LogP contribution in [-0.2, 0) is 9.59 Å². The summed E-state index contributed by atoms with van der Waals surface area (Å²) in [5, 5.41) is 6.81. The monoisotopic (exact) mass is 267 g/mol. The van der Waals surface area contributed by atoms with Gasteiger partial charge in [0.1, 0.15) is 0 Å². The van der Waals surface area contributed by atoms with Crippen molar-refractivity contribution in [3.8, 4) is 0 Å². The maximum Gasteiger partial charge on any atom is 0.251 e. The first-order valence-corrected chi connectivity index (χ1v) is 7.84. The van der Waals surface area contributed by atoms with Crippen molar-refractivity contribution < 1.29 is 9.59 Å². The molecule has 0 bridgehead atoms. The van der Waals surface area contributed by atoms with E-state index in [0.717, 1.165) is 0 Å². The summed E-state index contributed by atoms with van der Waals surface area (Å²) in [5.41, 5.74) is 0.621. The van der Waals surface area contributed by atoms with Crippen LogP contribution in [0.3, 0.4) is 0 Å². The number of ketones is 1. The number of rotatable bonds is 5. The molecule has 4 heteroatoms. The first-order valence-electron chi connectivity index (χ1n) is 6.08. The van der Waals surface area contributed by atoms with Gasteiger partial charge < -0.3 is 5.32 Å². The Hall–Kier alpha value is -1.16. The van der Waals surface area contributed by atoms with Crippen molar-refractivity contribution in [2.45, 2.75) is 33.2 Å². The molecule has 3 nitrogen and oxygen atoms in total. The topological polar surface area (TPSA) is 46.2 Å². The van der Waals surface area contributed by atoms with Crippen molar-refractivity contribution in [1.82, 2.24) is 5.32 Å². The van der Waals surface area contributed by atoms with Gasteiger partial charge in [0.2, 0.25) is 0 Å². The highest BCUT2D eigenvalue weighted by atomic mass is 32.2. The Morgan fingerprint density at radius 2 is 2.06 bits per heavy atom. The van der Waals surface area contributed by atoms with Crippen molar-refractivity contribution in [2.24, 2.45) is 5.92 Å². The molecule has 1 amide bonds. The molecule has 0 aromatic carbocycles. The van der Waals surface area contributed by atoms with Crippen molar-refractivity contribution in [2.75, 3.05) is 6.26 Å². The normalized spacial score (nSPS) is 20.1. The number of Topliss-reactive ketones (excluding diaryl/α,β-unsaturated/α-hetero) is 1. The molecule has 1 heterocycles. The van der Waals surface area contributed by atoms with Crippen LogP contribution in [0.25, 0.3) is 0 Å². The average Bonchev–Trinajstić information content (AvgIpc) is 2.28. The standard InChI is InChI=1S/C14H21NO2S/c1-10(2)9-13(11(3)16)15-14(17)12-5-7-18(4)8-6-12/h5-8,10,13H,9H2,1-4H3,(H,15,17)/t13-/m1/s1. The molecule has 0 fully saturated rings. The molecule has 0 aromatic rings. The fraction of sp³-hybridized carbons (Fsp3) is 0.500. The number of carbonyl (C=O) groups excluding carboxylic acids is 2. The summed E-state index contributed by atoms with van der Waals surface area (Å²) in [6.45, 7) is 5.60. The van der Waals surface area contributed by atoms with Crippen LogP contribution in [0.15, 0.2) is 23.1 Å². The van der Waals surface area contributed by atoms with Crippen molar-refractivity contribution in [1.29, 1.82) is 0 Å². The van der Waals surface area contributed by atoms with E-state index >= 15 is 0 Å². The molecule has 0 spiro atoms. The van der Waals surface area contributed by atoms with E-state index < -0.39 is 0 Å². The Morgan fingerprint density at radius 1 is 1.39 bits per heavy atom. The zero-order valence-corrected chi connectivity index (χ0v) is 12.2. The first kappa shape index (κ1) is 14.9. The average molecular weight is 267 g/mol. The van der Waals surface area contributed by atoms with Gasteiger partial charge in [0.05, 0.1) is 6.04 Å². The second kappa shape index (κ2) is 6.69. The molecule has 0 saturated heterocycles. The molecule has 2 atom stereocenters. The highest BCUT2D eigenvalue weighted by Crippen LogP contribution is 2.15. The maximum atomic E-state index is 12.0. The Morgan fingerprint density at radius 3 is 2.50 bits per heavy atom. The Bertz CT molecular complexity index is 433. The van der Waals surface area contributed by atoms with E-state index in [1.54, 1.807) is 0 Å². The third-order valence-electron chi connectivity index (χ3n) is 2.69. The van der Waals surface area contributed by atoms with Crippen molar-refractivity contribution in [3.63, 3.8) is 0 Å².